The second-order valence-electron chi connectivity index (χ2n) is 8.82. The summed E-state index contributed by atoms with van der Waals surface area (Å²) in [6.07, 6.45) is 7.72. The van der Waals surface area contributed by atoms with Crippen LogP contribution in [0.15, 0.2) is 29.2 Å². The van der Waals surface area contributed by atoms with Gasteiger partial charge in [0.05, 0.1) is 6.42 Å². The first-order valence-corrected chi connectivity index (χ1v) is 11.1. The summed E-state index contributed by atoms with van der Waals surface area (Å²) in [5.74, 6) is 2.61. The van der Waals surface area contributed by atoms with E-state index in [-0.39, 0.29) is 24.0 Å². The Bertz CT molecular complexity index is 665. The highest BCUT2D eigenvalue weighted by atomic mass is 32.2. The molecular formula is C22H29NO3S. The second kappa shape index (κ2) is 7.86. The van der Waals surface area contributed by atoms with Crippen molar-refractivity contribution in [3.05, 3.63) is 29.8 Å². The molecule has 0 heterocycles. The quantitative estimate of drug-likeness (QED) is 0.565. The zero-order valence-corrected chi connectivity index (χ0v) is 16.9. The highest BCUT2D eigenvalue weighted by Crippen LogP contribution is 2.55. The molecule has 0 aliphatic heterocycles. The maximum Gasteiger partial charge on any atom is 0.307 e. The first-order valence-electron chi connectivity index (χ1n) is 10.2. The fraction of sp³-hybridized carbons (Fsp3) is 0.636. The van der Waals surface area contributed by atoms with E-state index in [1.165, 1.54) is 24.8 Å². The van der Waals surface area contributed by atoms with Crippen LogP contribution in [-0.4, -0.2) is 29.8 Å². The summed E-state index contributed by atoms with van der Waals surface area (Å²) in [6.45, 7) is 1.91. The van der Waals surface area contributed by atoms with Gasteiger partial charge in [0.1, 0.15) is 0 Å². The largest absolute Gasteiger partial charge is 0.456 e. The number of rotatable bonds is 7. The highest BCUT2D eigenvalue weighted by molar-refractivity contribution is 7.99. The van der Waals surface area contributed by atoms with E-state index < -0.39 is 0 Å². The van der Waals surface area contributed by atoms with Crippen LogP contribution in [0.5, 0.6) is 0 Å². The Labute approximate surface area is 165 Å². The molecule has 146 valence electrons. The number of carbonyl (C=O) groups is 2. The smallest absolute Gasteiger partial charge is 0.307 e. The molecule has 1 N–H and O–H groups in total. The fourth-order valence-corrected chi connectivity index (χ4v) is 6.53. The van der Waals surface area contributed by atoms with Crippen LogP contribution in [0.3, 0.4) is 0 Å². The van der Waals surface area contributed by atoms with Crippen molar-refractivity contribution in [1.82, 2.24) is 5.32 Å². The van der Waals surface area contributed by atoms with Crippen LogP contribution in [-0.2, 0) is 14.3 Å². The lowest BCUT2D eigenvalue weighted by atomic mass is 9.53. The molecule has 4 bridgehead atoms. The van der Waals surface area contributed by atoms with Gasteiger partial charge in [0, 0.05) is 16.2 Å². The number of aryl methyl sites for hydroxylation is 1. The lowest BCUT2D eigenvalue weighted by Crippen LogP contribution is -2.60. The van der Waals surface area contributed by atoms with Crippen LogP contribution in [0.2, 0.25) is 0 Å². The highest BCUT2D eigenvalue weighted by Gasteiger charge is 2.51. The van der Waals surface area contributed by atoms with Crippen molar-refractivity contribution < 1.29 is 14.3 Å². The molecule has 4 aliphatic carbocycles. The number of benzene rings is 1. The summed E-state index contributed by atoms with van der Waals surface area (Å²) >= 11 is 1.63. The third kappa shape index (κ3) is 4.68. The van der Waals surface area contributed by atoms with Crippen molar-refractivity contribution in [3.63, 3.8) is 0 Å². The molecular weight excluding hydrogens is 358 g/mol. The van der Waals surface area contributed by atoms with E-state index in [2.05, 4.69) is 36.5 Å². The van der Waals surface area contributed by atoms with Crippen LogP contribution < -0.4 is 5.32 Å². The molecule has 1 aromatic carbocycles. The predicted molar refractivity (Wildman–Crippen MR) is 107 cm³/mol. The van der Waals surface area contributed by atoms with E-state index in [9.17, 15) is 9.59 Å². The average Bonchev–Trinajstić information content (AvgIpc) is 2.60. The zero-order valence-electron chi connectivity index (χ0n) is 16.0. The number of nitrogens with one attached hydrogen (secondary N) is 1. The normalized spacial score (nSPS) is 30.9. The monoisotopic (exact) mass is 387 g/mol. The van der Waals surface area contributed by atoms with E-state index in [4.69, 9.17) is 4.74 Å². The summed E-state index contributed by atoms with van der Waals surface area (Å²) in [5.41, 5.74) is 1.21. The molecule has 1 aromatic rings. The standard InChI is InChI=1S/C22H29NO3S/c1-15-2-4-19(5-3-15)27-7-6-21(25)26-14-20(24)23-22-11-16-8-17(12-22)10-18(9-16)13-22/h2-5,16-18H,6-14H2,1H3,(H,23,24). The third-order valence-corrected chi connectivity index (χ3v) is 7.42. The van der Waals surface area contributed by atoms with Crippen molar-refractivity contribution in [2.45, 2.75) is 62.3 Å². The van der Waals surface area contributed by atoms with Crippen LogP contribution in [0.1, 0.15) is 50.5 Å². The van der Waals surface area contributed by atoms with E-state index in [1.807, 2.05) is 0 Å². The molecule has 27 heavy (non-hydrogen) atoms. The van der Waals surface area contributed by atoms with Gasteiger partial charge >= 0.3 is 5.97 Å². The topological polar surface area (TPSA) is 55.4 Å². The van der Waals surface area contributed by atoms with Gasteiger partial charge < -0.3 is 10.1 Å². The summed E-state index contributed by atoms with van der Waals surface area (Å²) < 4.78 is 5.21. The Morgan fingerprint density at radius 3 is 2.26 bits per heavy atom. The first-order chi connectivity index (χ1) is 13.0. The number of hydrogen-bond donors (Lipinski definition) is 1. The van der Waals surface area contributed by atoms with Gasteiger partial charge in [-0.1, -0.05) is 17.7 Å². The Kier molecular flexibility index (Phi) is 5.49. The Balaban J connectivity index is 1.17. The van der Waals surface area contributed by atoms with E-state index >= 15 is 0 Å². The van der Waals surface area contributed by atoms with Crippen molar-refractivity contribution in [3.8, 4) is 0 Å². The Morgan fingerprint density at radius 2 is 1.67 bits per heavy atom. The third-order valence-electron chi connectivity index (χ3n) is 6.40. The molecule has 0 spiro atoms. The van der Waals surface area contributed by atoms with E-state index in [0.717, 1.165) is 41.9 Å². The number of carbonyl (C=O) groups excluding carboxylic acids is 2. The number of esters is 1. The van der Waals surface area contributed by atoms with Gasteiger partial charge in [-0.25, -0.2) is 0 Å². The van der Waals surface area contributed by atoms with Crippen molar-refractivity contribution in [1.29, 1.82) is 0 Å². The second-order valence-corrected chi connectivity index (χ2v) is 9.99. The molecule has 0 radical (unpaired) electrons. The number of thioether (sulfide) groups is 1. The molecule has 4 nitrogen and oxygen atoms in total. The van der Waals surface area contributed by atoms with Gasteiger partial charge in [-0.2, -0.15) is 0 Å². The summed E-state index contributed by atoms with van der Waals surface area (Å²) in [6, 6.07) is 8.25. The molecule has 0 saturated heterocycles. The van der Waals surface area contributed by atoms with Gasteiger partial charge in [-0.15, -0.1) is 11.8 Å². The molecule has 4 saturated carbocycles. The minimum Gasteiger partial charge on any atom is -0.456 e. The van der Waals surface area contributed by atoms with Crippen molar-refractivity contribution >= 4 is 23.6 Å². The Morgan fingerprint density at radius 1 is 1.07 bits per heavy atom. The van der Waals surface area contributed by atoms with E-state index in [0.29, 0.717) is 12.2 Å². The maximum atomic E-state index is 12.4. The number of hydrogen-bond acceptors (Lipinski definition) is 4. The van der Waals surface area contributed by atoms with Crippen molar-refractivity contribution in [2.75, 3.05) is 12.4 Å². The summed E-state index contributed by atoms with van der Waals surface area (Å²) in [4.78, 5) is 25.5. The zero-order chi connectivity index (χ0) is 18.9. The van der Waals surface area contributed by atoms with Crippen LogP contribution >= 0.6 is 11.8 Å². The lowest BCUT2D eigenvalue weighted by molar-refractivity contribution is -0.149. The van der Waals surface area contributed by atoms with Gasteiger partial charge in [0.15, 0.2) is 6.61 Å². The maximum absolute atomic E-state index is 12.4. The SMILES string of the molecule is Cc1ccc(SCCC(=O)OCC(=O)NC23CC4CC(CC(C4)C2)C3)cc1. The molecule has 0 unspecified atom stereocenters. The number of ether oxygens (including phenoxy) is 1. The van der Waals surface area contributed by atoms with Crippen LogP contribution in [0.4, 0.5) is 0 Å². The van der Waals surface area contributed by atoms with E-state index in [1.54, 1.807) is 11.8 Å². The van der Waals surface area contributed by atoms with Gasteiger partial charge in [0.25, 0.3) is 5.91 Å². The fourth-order valence-electron chi connectivity index (χ4n) is 5.70. The number of amides is 1. The molecule has 4 fully saturated rings. The predicted octanol–water partition coefficient (Wildman–Crippen LogP) is 4.11. The van der Waals surface area contributed by atoms with Gasteiger partial charge in [-0.05, 0) is 75.3 Å². The van der Waals surface area contributed by atoms with Crippen LogP contribution in [0.25, 0.3) is 0 Å². The summed E-state index contributed by atoms with van der Waals surface area (Å²) in [7, 11) is 0. The molecule has 0 aromatic heterocycles. The molecule has 4 aliphatic rings. The minimum atomic E-state index is -0.296. The first kappa shape index (κ1) is 18.9. The molecule has 0 atom stereocenters. The Hall–Kier alpha value is -1.49. The lowest BCUT2D eigenvalue weighted by Gasteiger charge is -2.56. The van der Waals surface area contributed by atoms with Crippen molar-refractivity contribution in [2.24, 2.45) is 17.8 Å². The van der Waals surface area contributed by atoms with Gasteiger partial charge in [-0.3, -0.25) is 9.59 Å². The van der Waals surface area contributed by atoms with Gasteiger partial charge in [0.2, 0.25) is 0 Å². The molecule has 5 rings (SSSR count). The summed E-state index contributed by atoms with van der Waals surface area (Å²) in [5, 5.41) is 3.25. The van der Waals surface area contributed by atoms with Crippen LogP contribution in [0, 0.1) is 24.7 Å². The molecule has 1 amide bonds. The molecule has 5 heteroatoms. The minimum absolute atomic E-state index is 0.0144. The average molecular weight is 388 g/mol.